The third kappa shape index (κ3) is 2.56. The van der Waals surface area contributed by atoms with Crippen molar-refractivity contribution in [1.82, 2.24) is 4.90 Å². The van der Waals surface area contributed by atoms with Crippen LogP contribution in [-0.4, -0.2) is 42.5 Å². The summed E-state index contributed by atoms with van der Waals surface area (Å²) in [4.78, 5) is 13.7. The molecule has 3 heteroatoms. The summed E-state index contributed by atoms with van der Waals surface area (Å²) in [5.74, 6) is 0. The number of aliphatic hydroxyl groups is 1. The lowest BCUT2D eigenvalue weighted by Crippen LogP contribution is -2.44. The molecule has 1 aromatic carbocycles. The van der Waals surface area contributed by atoms with Crippen molar-refractivity contribution >= 4 is 6.29 Å². The number of aliphatic hydroxyl groups excluding tert-OH is 1. The Morgan fingerprint density at radius 1 is 1.24 bits per heavy atom. The Balaban J connectivity index is 2.11. The van der Waals surface area contributed by atoms with E-state index in [2.05, 4.69) is 4.90 Å². The van der Waals surface area contributed by atoms with Crippen molar-refractivity contribution in [2.24, 2.45) is 0 Å². The third-order valence-corrected chi connectivity index (χ3v) is 3.74. The van der Waals surface area contributed by atoms with E-state index in [1.807, 2.05) is 30.3 Å². The van der Waals surface area contributed by atoms with Gasteiger partial charge in [0.1, 0.15) is 6.29 Å². The number of nitrogens with zero attached hydrogens (tertiary/aromatic N) is 1. The highest BCUT2D eigenvalue weighted by Crippen LogP contribution is 2.33. The van der Waals surface area contributed by atoms with Crippen LogP contribution in [0.25, 0.3) is 0 Å². The van der Waals surface area contributed by atoms with Crippen molar-refractivity contribution in [1.29, 1.82) is 0 Å². The maximum absolute atomic E-state index is 11.5. The zero-order valence-corrected chi connectivity index (χ0v) is 10.0. The monoisotopic (exact) mass is 233 g/mol. The molecule has 0 atom stereocenters. The van der Waals surface area contributed by atoms with Gasteiger partial charge in [-0.3, -0.25) is 0 Å². The van der Waals surface area contributed by atoms with Crippen molar-refractivity contribution in [2.75, 3.05) is 26.2 Å². The van der Waals surface area contributed by atoms with Crippen molar-refractivity contribution in [3.8, 4) is 0 Å². The number of likely N-dealkylation sites (tertiary alicyclic amines) is 1. The standard InChI is InChI=1S/C14H19NO2/c16-11-10-15-8-6-14(12-17,7-9-15)13-4-2-1-3-5-13/h1-5,12,16H,6-11H2. The third-order valence-electron chi connectivity index (χ3n) is 3.74. The van der Waals surface area contributed by atoms with Gasteiger partial charge in [0.2, 0.25) is 0 Å². The maximum Gasteiger partial charge on any atom is 0.130 e. The zero-order chi connectivity index (χ0) is 12.1. The van der Waals surface area contributed by atoms with Crippen LogP contribution in [0.1, 0.15) is 18.4 Å². The molecule has 0 aromatic heterocycles. The summed E-state index contributed by atoms with van der Waals surface area (Å²) in [5, 5.41) is 8.91. The highest BCUT2D eigenvalue weighted by molar-refractivity contribution is 5.68. The lowest BCUT2D eigenvalue weighted by atomic mass is 9.74. The molecule has 0 aliphatic carbocycles. The number of piperidine rings is 1. The van der Waals surface area contributed by atoms with E-state index in [0.717, 1.165) is 37.8 Å². The van der Waals surface area contributed by atoms with E-state index in [4.69, 9.17) is 5.11 Å². The quantitative estimate of drug-likeness (QED) is 0.795. The molecule has 92 valence electrons. The minimum absolute atomic E-state index is 0.194. The highest BCUT2D eigenvalue weighted by atomic mass is 16.3. The number of benzene rings is 1. The molecular weight excluding hydrogens is 214 g/mol. The lowest BCUT2D eigenvalue weighted by Gasteiger charge is -2.38. The van der Waals surface area contributed by atoms with Gasteiger partial charge in [0, 0.05) is 6.54 Å². The number of hydrogen-bond acceptors (Lipinski definition) is 3. The Labute approximate surface area is 102 Å². The average Bonchev–Trinajstić information content (AvgIpc) is 2.41. The summed E-state index contributed by atoms with van der Waals surface area (Å²) in [6, 6.07) is 10.0. The summed E-state index contributed by atoms with van der Waals surface area (Å²) in [5.41, 5.74) is 0.811. The Morgan fingerprint density at radius 3 is 2.41 bits per heavy atom. The van der Waals surface area contributed by atoms with E-state index in [1.54, 1.807) is 0 Å². The van der Waals surface area contributed by atoms with Gasteiger partial charge in [0.05, 0.1) is 12.0 Å². The van der Waals surface area contributed by atoms with Crippen LogP contribution >= 0.6 is 0 Å². The second-order valence-corrected chi connectivity index (χ2v) is 4.71. The van der Waals surface area contributed by atoms with Gasteiger partial charge in [-0.15, -0.1) is 0 Å². The number of aldehydes is 1. The average molecular weight is 233 g/mol. The predicted molar refractivity (Wildman–Crippen MR) is 66.9 cm³/mol. The summed E-state index contributed by atoms with van der Waals surface area (Å²) in [7, 11) is 0. The predicted octanol–water partition coefficient (Wildman–Crippen LogP) is 1.21. The molecule has 1 aromatic rings. The van der Waals surface area contributed by atoms with Gasteiger partial charge >= 0.3 is 0 Å². The van der Waals surface area contributed by atoms with Gasteiger partial charge in [-0.25, -0.2) is 0 Å². The van der Waals surface area contributed by atoms with Gasteiger partial charge in [-0.2, -0.15) is 0 Å². The van der Waals surface area contributed by atoms with Crippen LogP contribution in [-0.2, 0) is 10.2 Å². The van der Waals surface area contributed by atoms with Gasteiger partial charge in [-0.05, 0) is 31.5 Å². The second-order valence-electron chi connectivity index (χ2n) is 4.71. The first-order chi connectivity index (χ1) is 8.30. The van der Waals surface area contributed by atoms with E-state index >= 15 is 0 Å². The molecule has 3 nitrogen and oxygen atoms in total. The molecular formula is C14H19NO2. The molecule has 0 spiro atoms. The molecule has 1 aliphatic heterocycles. The normalized spacial score (nSPS) is 20.1. The van der Waals surface area contributed by atoms with Crippen molar-refractivity contribution in [3.05, 3.63) is 35.9 Å². The van der Waals surface area contributed by atoms with Crippen LogP contribution in [0.4, 0.5) is 0 Å². The Bertz CT molecular complexity index is 356. The number of carbonyl (C=O) groups is 1. The largest absolute Gasteiger partial charge is 0.395 e. The molecule has 1 fully saturated rings. The SMILES string of the molecule is O=CC1(c2ccccc2)CCN(CCO)CC1. The minimum atomic E-state index is -0.312. The Kier molecular flexibility index (Phi) is 3.92. The molecule has 1 heterocycles. The number of carbonyl (C=O) groups excluding carboxylic acids is 1. The van der Waals surface area contributed by atoms with Crippen LogP contribution in [0.2, 0.25) is 0 Å². The van der Waals surface area contributed by atoms with E-state index in [-0.39, 0.29) is 12.0 Å². The van der Waals surface area contributed by atoms with Gasteiger partial charge in [0.15, 0.2) is 0 Å². The van der Waals surface area contributed by atoms with E-state index in [1.165, 1.54) is 0 Å². The molecule has 0 amide bonds. The summed E-state index contributed by atoms with van der Waals surface area (Å²) in [6.45, 7) is 2.67. The second kappa shape index (κ2) is 5.43. The van der Waals surface area contributed by atoms with Crippen LogP contribution in [0, 0.1) is 0 Å². The molecule has 2 rings (SSSR count). The van der Waals surface area contributed by atoms with Gasteiger partial charge < -0.3 is 14.8 Å². The van der Waals surface area contributed by atoms with Crippen molar-refractivity contribution < 1.29 is 9.90 Å². The molecule has 1 aliphatic rings. The minimum Gasteiger partial charge on any atom is -0.395 e. The smallest absolute Gasteiger partial charge is 0.130 e. The van der Waals surface area contributed by atoms with Crippen LogP contribution in [0.15, 0.2) is 30.3 Å². The van der Waals surface area contributed by atoms with Gasteiger partial charge in [0.25, 0.3) is 0 Å². The number of hydrogen-bond donors (Lipinski definition) is 1. The van der Waals surface area contributed by atoms with E-state index < -0.39 is 0 Å². The molecule has 0 saturated carbocycles. The molecule has 1 N–H and O–H groups in total. The molecule has 17 heavy (non-hydrogen) atoms. The topological polar surface area (TPSA) is 40.5 Å². The first-order valence-corrected chi connectivity index (χ1v) is 6.16. The van der Waals surface area contributed by atoms with Crippen LogP contribution in [0.5, 0.6) is 0 Å². The van der Waals surface area contributed by atoms with Gasteiger partial charge in [-0.1, -0.05) is 30.3 Å². The fourth-order valence-electron chi connectivity index (χ4n) is 2.56. The van der Waals surface area contributed by atoms with Crippen LogP contribution in [0.3, 0.4) is 0 Å². The van der Waals surface area contributed by atoms with Crippen molar-refractivity contribution in [3.63, 3.8) is 0 Å². The Morgan fingerprint density at radius 2 is 1.88 bits per heavy atom. The summed E-state index contributed by atoms with van der Waals surface area (Å²) in [6.07, 6.45) is 2.81. The lowest BCUT2D eigenvalue weighted by molar-refractivity contribution is -0.114. The first kappa shape index (κ1) is 12.3. The molecule has 1 saturated heterocycles. The van der Waals surface area contributed by atoms with Crippen molar-refractivity contribution in [2.45, 2.75) is 18.3 Å². The highest BCUT2D eigenvalue weighted by Gasteiger charge is 2.35. The Hall–Kier alpha value is -1.19. The number of β-amino-alcohol motifs (C(OH)–C–C–N with tert-alkyl or cyclic N) is 1. The molecule has 0 radical (unpaired) electrons. The molecule has 0 unspecified atom stereocenters. The maximum atomic E-state index is 11.5. The number of rotatable bonds is 4. The summed E-state index contributed by atoms with van der Waals surface area (Å²) < 4.78 is 0. The first-order valence-electron chi connectivity index (χ1n) is 6.16. The van der Waals surface area contributed by atoms with E-state index in [0.29, 0.717) is 6.54 Å². The van der Waals surface area contributed by atoms with E-state index in [9.17, 15) is 4.79 Å². The zero-order valence-electron chi connectivity index (χ0n) is 10.0. The fourth-order valence-corrected chi connectivity index (χ4v) is 2.56. The summed E-state index contributed by atoms with van der Waals surface area (Å²) >= 11 is 0. The van der Waals surface area contributed by atoms with Crippen LogP contribution < -0.4 is 0 Å². The fraction of sp³-hybridized carbons (Fsp3) is 0.500. The molecule has 0 bridgehead atoms.